The molecule has 0 heterocycles. The van der Waals surface area contributed by atoms with E-state index in [1.165, 1.54) is 5.56 Å². The lowest BCUT2D eigenvalue weighted by Gasteiger charge is -2.07. The summed E-state index contributed by atoms with van der Waals surface area (Å²) in [6, 6.07) is 5.70. The second kappa shape index (κ2) is 3.50. The number of carboxylic acid groups (broad SMARTS) is 1. The molecular formula is C10H10ClNO2. The van der Waals surface area contributed by atoms with E-state index in [0.29, 0.717) is 5.02 Å². The molecular weight excluding hydrogens is 202 g/mol. The standard InChI is InChI=1S/C10H10ClNO2/c11-8-2-1-6-4-9(12-10(13)14)5-7(6)3-8/h1-3,9,12H,4-5H2,(H,13,14). The van der Waals surface area contributed by atoms with Crippen LogP contribution in [0, 0.1) is 0 Å². The predicted molar refractivity (Wildman–Crippen MR) is 53.8 cm³/mol. The van der Waals surface area contributed by atoms with Gasteiger partial charge in [-0.3, -0.25) is 0 Å². The van der Waals surface area contributed by atoms with Crippen LogP contribution in [-0.2, 0) is 12.8 Å². The summed E-state index contributed by atoms with van der Waals surface area (Å²) in [5.74, 6) is 0. The third kappa shape index (κ3) is 1.82. The van der Waals surface area contributed by atoms with Gasteiger partial charge in [0.15, 0.2) is 0 Å². The summed E-state index contributed by atoms with van der Waals surface area (Å²) >= 11 is 5.84. The van der Waals surface area contributed by atoms with Crippen molar-refractivity contribution >= 4 is 17.7 Å². The van der Waals surface area contributed by atoms with Crippen molar-refractivity contribution in [1.29, 1.82) is 0 Å². The van der Waals surface area contributed by atoms with E-state index in [-0.39, 0.29) is 6.04 Å². The van der Waals surface area contributed by atoms with Crippen molar-refractivity contribution in [2.75, 3.05) is 0 Å². The third-order valence-electron chi connectivity index (χ3n) is 2.43. The lowest BCUT2D eigenvalue weighted by Crippen LogP contribution is -2.33. The molecule has 0 aliphatic heterocycles. The number of fused-ring (bicyclic) bond motifs is 1. The molecule has 1 amide bonds. The molecule has 4 heteroatoms. The van der Waals surface area contributed by atoms with Crippen molar-refractivity contribution in [3.8, 4) is 0 Å². The monoisotopic (exact) mass is 211 g/mol. The summed E-state index contributed by atoms with van der Waals surface area (Å²) in [6.45, 7) is 0. The van der Waals surface area contributed by atoms with Crippen LogP contribution in [0.5, 0.6) is 0 Å². The van der Waals surface area contributed by atoms with E-state index in [4.69, 9.17) is 16.7 Å². The van der Waals surface area contributed by atoms with Crippen molar-refractivity contribution in [3.63, 3.8) is 0 Å². The molecule has 2 N–H and O–H groups in total. The first kappa shape index (κ1) is 9.34. The molecule has 0 radical (unpaired) electrons. The van der Waals surface area contributed by atoms with Crippen LogP contribution in [-0.4, -0.2) is 17.2 Å². The molecule has 1 aliphatic carbocycles. The number of rotatable bonds is 1. The fraction of sp³-hybridized carbons (Fsp3) is 0.300. The number of benzene rings is 1. The number of nitrogens with one attached hydrogen (secondary N) is 1. The molecule has 0 bridgehead atoms. The Bertz CT molecular complexity index is 378. The quantitative estimate of drug-likeness (QED) is 0.747. The Balaban J connectivity index is 2.14. The largest absolute Gasteiger partial charge is 0.465 e. The zero-order valence-corrected chi connectivity index (χ0v) is 8.21. The van der Waals surface area contributed by atoms with Crippen molar-refractivity contribution in [3.05, 3.63) is 34.3 Å². The van der Waals surface area contributed by atoms with Crippen molar-refractivity contribution < 1.29 is 9.90 Å². The Kier molecular flexibility index (Phi) is 2.33. The minimum atomic E-state index is -0.964. The van der Waals surface area contributed by atoms with Gasteiger partial charge in [0.25, 0.3) is 0 Å². The fourth-order valence-corrected chi connectivity index (χ4v) is 2.06. The Morgan fingerprint density at radius 1 is 1.43 bits per heavy atom. The summed E-state index contributed by atoms with van der Waals surface area (Å²) in [7, 11) is 0. The van der Waals surface area contributed by atoms with Gasteiger partial charge in [0.2, 0.25) is 0 Å². The van der Waals surface area contributed by atoms with Gasteiger partial charge in [-0.05, 0) is 36.1 Å². The Labute approximate surface area is 86.7 Å². The molecule has 0 aromatic heterocycles. The number of hydrogen-bond acceptors (Lipinski definition) is 1. The molecule has 1 aromatic rings. The molecule has 74 valence electrons. The molecule has 0 spiro atoms. The van der Waals surface area contributed by atoms with Gasteiger partial charge in [-0.15, -0.1) is 0 Å². The highest BCUT2D eigenvalue weighted by atomic mass is 35.5. The lowest BCUT2D eigenvalue weighted by atomic mass is 10.1. The van der Waals surface area contributed by atoms with Gasteiger partial charge in [-0.1, -0.05) is 17.7 Å². The molecule has 1 aromatic carbocycles. The second-order valence-corrected chi connectivity index (χ2v) is 3.90. The third-order valence-corrected chi connectivity index (χ3v) is 2.66. The van der Waals surface area contributed by atoms with Gasteiger partial charge in [-0.2, -0.15) is 0 Å². The van der Waals surface area contributed by atoms with Crippen LogP contribution in [0.4, 0.5) is 4.79 Å². The zero-order chi connectivity index (χ0) is 10.1. The summed E-state index contributed by atoms with van der Waals surface area (Å²) < 4.78 is 0. The van der Waals surface area contributed by atoms with E-state index < -0.39 is 6.09 Å². The van der Waals surface area contributed by atoms with Gasteiger partial charge >= 0.3 is 6.09 Å². The topological polar surface area (TPSA) is 49.3 Å². The highest BCUT2D eigenvalue weighted by molar-refractivity contribution is 6.30. The Morgan fingerprint density at radius 2 is 2.14 bits per heavy atom. The highest BCUT2D eigenvalue weighted by Crippen LogP contribution is 2.25. The van der Waals surface area contributed by atoms with Crippen LogP contribution in [0.1, 0.15) is 11.1 Å². The van der Waals surface area contributed by atoms with Crippen LogP contribution in [0.3, 0.4) is 0 Å². The van der Waals surface area contributed by atoms with Crippen molar-refractivity contribution in [2.24, 2.45) is 0 Å². The first-order valence-electron chi connectivity index (χ1n) is 4.42. The fourth-order valence-electron chi connectivity index (χ4n) is 1.86. The first-order chi connectivity index (χ1) is 6.65. The number of hydrogen-bond donors (Lipinski definition) is 2. The molecule has 0 saturated carbocycles. The maximum atomic E-state index is 10.4. The van der Waals surface area contributed by atoms with Crippen LogP contribution >= 0.6 is 11.6 Å². The van der Waals surface area contributed by atoms with Gasteiger partial charge in [-0.25, -0.2) is 4.79 Å². The average Bonchev–Trinajstić information content (AvgIpc) is 2.44. The van der Waals surface area contributed by atoms with E-state index in [1.54, 1.807) is 0 Å². The van der Waals surface area contributed by atoms with E-state index in [9.17, 15) is 4.79 Å². The molecule has 0 fully saturated rings. The zero-order valence-electron chi connectivity index (χ0n) is 7.46. The van der Waals surface area contributed by atoms with E-state index in [0.717, 1.165) is 18.4 Å². The van der Waals surface area contributed by atoms with Gasteiger partial charge < -0.3 is 10.4 Å². The minimum absolute atomic E-state index is 0.000895. The van der Waals surface area contributed by atoms with Crippen molar-refractivity contribution in [1.82, 2.24) is 5.32 Å². The van der Waals surface area contributed by atoms with Gasteiger partial charge in [0, 0.05) is 11.1 Å². The molecule has 2 rings (SSSR count). The Hall–Kier alpha value is -1.22. The lowest BCUT2D eigenvalue weighted by molar-refractivity contribution is 0.190. The minimum Gasteiger partial charge on any atom is -0.465 e. The summed E-state index contributed by atoms with van der Waals surface area (Å²) in [4.78, 5) is 10.4. The average molecular weight is 212 g/mol. The molecule has 14 heavy (non-hydrogen) atoms. The van der Waals surface area contributed by atoms with Crippen LogP contribution in [0.2, 0.25) is 5.02 Å². The maximum Gasteiger partial charge on any atom is 0.404 e. The van der Waals surface area contributed by atoms with E-state index in [2.05, 4.69) is 5.32 Å². The van der Waals surface area contributed by atoms with E-state index in [1.807, 2.05) is 18.2 Å². The summed E-state index contributed by atoms with van der Waals surface area (Å²) in [5, 5.41) is 11.8. The molecule has 1 atom stereocenters. The van der Waals surface area contributed by atoms with Crippen LogP contribution in [0.15, 0.2) is 18.2 Å². The molecule has 3 nitrogen and oxygen atoms in total. The number of halogens is 1. The summed E-state index contributed by atoms with van der Waals surface area (Å²) in [5.41, 5.74) is 2.34. The van der Waals surface area contributed by atoms with Gasteiger partial charge in [0.1, 0.15) is 0 Å². The summed E-state index contributed by atoms with van der Waals surface area (Å²) in [6.07, 6.45) is 0.537. The van der Waals surface area contributed by atoms with Crippen LogP contribution < -0.4 is 5.32 Å². The number of amides is 1. The van der Waals surface area contributed by atoms with E-state index >= 15 is 0 Å². The van der Waals surface area contributed by atoms with Crippen molar-refractivity contribution in [2.45, 2.75) is 18.9 Å². The predicted octanol–water partition coefficient (Wildman–Crippen LogP) is 2.07. The molecule has 0 saturated heterocycles. The van der Waals surface area contributed by atoms with Gasteiger partial charge in [0.05, 0.1) is 0 Å². The molecule has 1 aliphatic rings. The SMILES string of the molecule is O=C(O)NC1Cc2ccc(Cl)cc2C1. The Morgan fingerprint density at radius 3 is 2.86 bits per heavy atom. The smallest absolute Gasteiger partial charge is 0.404 e. The maximum absolute atomic E-state index is 10.4. The molecule has 1 unspecified atom stereocenters. The van der Waals surface area contributed by atoms with Crippen LogP contribution in [0.25, 0.3) is 0 Å². The normalized spacial score (nSPS) is 19.1. The second-order valence-electron chi connectivity index (χ2n) is 3.47. The first-order valence-corrected chi connectivity index (χ1v) is 4.79. The number of carbonyl (C=O) groups is 1. The highest BCUT2D eigenvalue weighted by Gasteiger charge is 2.22.